The van der Waals surface area contributed by atoms with Crippen LogP contribution in [0.4, 0.5) is 0 Å². The highest BCUT2D eigenvalue weighted by Gasteiger charge is 2.45. The third kappa shape index (κ3) is 5.68. The number of aliphatic hydroxyl groups excluding tert-OH is 1. The average Bonchev–Trinajstić information content (AvgIpc) is 3.25. The molecule has 1 rings (SSSR count). The summed E-state index contributed by atoms with van der Waals surface area (Å²) >= 11 is 0. The summed E-state index contributed by atoms with van der Waals surface area (Å²) in [6, 6.07) is 0. The van der Waals surface area contributed by atoms with Crippen molar-refractivity contribution in [1.29, 1.82) is 0 Å². The van der Waals surface area contributed by atoms with Crippen LogP contribution < -0.4 is 5.32 Å². The Morgan fingerprint density at radius 1 is 1.10 bits per heavy atom. The predicted molar refractivity (Wildman–Crippen MR) is 86.1 cm³/mol. The minimum absolute atomic E-state index is 0.0719. The number of rotatable bonds is 12. The molecule has 0 aromatic rings. The zero-order valence-corrected chi connectivity index (χ0v) is 14.0. The smallest absolute Gasteiger partial charge is 0.0628 e. The van der Waals surface area contributed by atoms with E-state index in [-0.39, 0.29) is 12.1 Å². The molecule has 1 aliphatic carbocycles. The summed E-state index contributed by atoms with van der Waals surface area (Å²) in [6.07, 6.45) is 4.84. The molecule has 0 saturated heterocycles. The third-order valence-corrected chi connectivity index (χ3v) is 4.28. The zero-order valence-electron chi connectivity index (χ0n) is 14.0. The van der Waals surface area contributed by atoms with E-state index >= 15 is 0 Å². The van der Waals surface area contributed by atoms with E-state index in [1.54, 1.807) is 0 Å². The number of nitrogens with zero attached hydrogens (tertiary/aromatic N) is 2. The van der Waals surface area contributed by atoms with Gasteiger partial charge >= 0.3 is 0 Å². The topological polar surface area (TPSA) is 38.7 Å². The van der Waals surface area contributed by atoms with Gasteiger partial charge in [0, 0.05) is 19.6 Å². The van der Waals surface area contributed by atoms with E-state index in [1.807, 2.05) is 0 Å². The van der Waals surface area contributed by atoms with Crippen LogP contribution in [0.5, 0.6) is 0 Å². The first-order valence-electron chi connectivity index (χ1n) is 8.31. The second-order valence-corrected chi connectivity index (χ2v) is 6.59. The maximum absolute atomic E-state index is 10.0. The summed E-state index contributed by atoms with van der Waals surface area (Å²) in [5, 5.41) is 13.7. The Balaban J connectivity index is 2.62. The standard InChI is InChI=1S/C16H35N3O/c1-5-9-17-16(14-20,15-7-8-15)13-19(10-6-2)12-11-18(3)4/h15,17,20H,5-14H2,1-4H3. The molecule has 0 bridgehead atoms. The van der Waals surface area contributed by atoms with Gasteiger partial charge in [0.25, 0.3) is 0 Å². The van der Waals surface area contributed by atoms with Crippen LogP contribution in [-0.4, -0.2) is 73.9 Å². The SMILES string of the molecule is CCCNC(CO)(CN(CCC)CCN(C)C)C1CC1. The summed E-state index contributed by atoms with van der Waals surface area (Å²) in [6.45, 7) is 9.97. The largest absolute Gasteiger partial charge is 0.394 e. The van der Waals surface area contributed by atoms with Gasteiger partial charge in [-0.25, -0.2) is 0 Å². The van der Waals surface area contributed by atoms with Crippen LogP contribution in [0.15, 0.2) is 0 Å². The average molecular weight is 285 g/mol. The van der Waals surface area contributed by atoms with Gasteiger partial charge in [0.05, 0.1) is 12.1 Å². The Morgan fingerprint density at radius 2 is 1.80 bits per heavy atom. The summed E-state index contributed by atoms with van der Waals surface area (Å²) < 4.78 is 0. The molecular formula is C16H35N3O. The number of likely N-dealkylation sites (N-methyl/N-ethyl adjacent to an activating group) is 1. The molecule has 0 radical (unpaired) electrons. The van der Waals surface area contributed by atoms with Crippen molar-refractivity contribution in [3.8, 4) is 0 Å². The molecule has 4 nitrogen and oxygen atoms in total. The van der Waals surface area contributed by atoms with E-state index in [2.05, 4.69) is 43.1 Å². The molecule has 0 heterocycles. The summed E-state index contributed by atoms with van der Waals surface area (Å²) in [5.41, 5.74) is -0.0719. The van der Waals surface area contributed by atoms with Crippen LogP contribution in [0.1, 0.15) is 39.5 Å². The third-order valence-electron chi connectivity index (χ3n) is 4.28. The lowest BCUT2D eigenvalue weighted by Gasteiger charge is -2.39. The van der Waals surface area contributed by atoms with Gasteiger partial charge in [-0.15, -0.1) is 0 Å². The molecule has 0 aliphatic heterocycles. The maximum atomic E-state index is 10.0. The highest BCUT2D eigenvalue weighted by atomic mass is 16.3. The van der Waals surface area contributed by atoms with Gasteiger partial charge < -0.3 is 20.2 Å². The van der Waals surface area contributed by atoms with Crippen molar-refractivity contribution in [2.24, 2.45) is 5.92 Å². The van der Waals surface area contributed by atoms with Crippen molar-refractivity contribution in [3.05, 3.63) is 0 Å². The van der Waals surface area contributed by atoms with Gasteiger partial charge in [-0.05, 0) is 58.8 Å². The van der Waals surface area contributed by atoms with E-state index in [0.29, 0.717) is 5.92 Å². The van der Waals surface area contributed by atoms with Gasteiger partial charge in [-0.1, -0.05) is 13.8 Å². The zero-order chi connectivity index (χ0) is 15.0. The highest BCUT2D eigenvalue weighted by Crippen LogP contribution is 2.40. The van der Waals surface area contributed by atoms with Crippen LogP contribution in [-0.2, 0) is 0 Å². The highest BCUT2D eigenvalue weighted by molar-refractivity contribution is 5.02. The van der Waals surface area contributed by atoms with Crippen LogP contribution in [0, 0.1) is 5.92 Å². The van der Waals surface area contributed by atoms with Crippen LogP contribution >= 0.6 is 0 Å². The Bertz CT molecular complexity index is 256. The molecule has 1 saturated carbocycles. The molecule has 120 valence electrons. The van der Waals surface area contributed by atoms with Gasteiger partial charge in [-0.3, -0.25) is 0 Å². The first kappa shape index (κ1) is 17.9. The lowest BCUT2D eigenvalue weighted by atomic mass is 9.92. The lowest BCUT2D eigenvalue weighted by Crippen LogP contribution is -2.58. The first-order chi connectivity index (χ1) is 9.57. The van der Waals surface area contributed by atoms with E-state index in [0.717, 1.165) is 39.1 Å². The second kappa shape index (κ2) is 8.98. The van der Waals surface area contributed by atoms with Crippen molar-refractivity contribution in [2.75, 3.05) is 53.4 Å². The first-order valence-corrected chi connectivity index (χ1v) is 8.31. The molecule has 1 fully saturated rings. The molecule has 1 aliphatic rings. The minimum atomic E-state index is -0.0719. The second-order valence-electron chi connectivity index (χ2n) is 6.59. The molecule has 0 spiro atoms. The van der Waals surface area contributed by atoms with Crippen molar-refractivity contribution in [3.63, 3.8) is 0 Å². The number of aliphatic hydroxyl groups is 1. The van der Waals surface area contributed by atoms with Crippen LogP contribution in [0.2, 0.25) is 0 Å². The number of hydrogen-bond acceptors (Lipinski definition) is 4. The molecular weight excluding hydrogens is 250 g/mol. The van der Waals surface area contributed by atoms with Crippen molar-refractivity contribution in [1.82, 2.24) is 15.1 Å². The van der Waals surface area contributed by atoms with E-state index < -0.39 is 0 Å². The molecule has 4 heteroatoms. The molecule has 2 N–H and O–H groups in total. The quantitative estimate of drug-likeness (QED) is 0.568. The summed E-state index contributed by atoms with van der Waals surface area (Å²) in [4.78, 5) is 4.76. The van der Waals surface area contributed by atoms with Gasteiger partial charge in [0.15, 0.2) is 0 Å². The fourth-order valence-electron chi connectivity index (χ4n) is 2.90. The fourth-order valence-corrected chi connectivity index (χ4v) is 2.90. The molecule has 0 amide bonds. The predicted octanol–water partition coefficient (Wildman–Crippen LogP) is 1.40. The molecule has 1 unspecified atom stereocenters. The molecule has 0 aromatic carbocycles. The van der Waals surface area contributed by atoms with Crippen molar-refractivity contribution >= 4 is 0 Å². The normalized spacial score (nSPS) is 18.8. The Kier molecular flexibility index (Phi) is 8.03. The molecule has 1 atom stereocenters. The van der Waals surface area contributed by atoms with Crippen molar-refractivity contribution < 1.29 is 5.11 Å². The number of nitrogens with one attached hydrogen (secondary N) is 1. The molecule has 0 aromatic heterocycles. The maximum Gasteiger partial charge on any atom is 0.0628 e. The van der Waals surface area contributed by atoms with Gasteiger partial charge in [0.2, 0.25) is 0 Å². The van der Waals surface area contributed by atoms with E-state index in [1.165, 1.54) is 19.3 Å². The minimum Gasteiger partial charge on any atom is -0.394 e. The van der Waals surface area contributed by atoms with Gasteiger partial charge in [0.1, 0.15) is 0 Å². The number of hydrogen-bond donors (Lipinski definition) is 2. The van der Waals surface area contributed by atoms with E-state index in [9.17, 15) is 5.11 Å². The summed E-state index contributed by atoms with van der Waals surface area (Å²) in [5.74, 6) is 0.665. The Hall–Kier alpha value is -0.160. The van der Waals surface area contributed by atoms with Crippen LogP contribution in [0.3, 0.4) is 0 Å². The summed E-state index contributed by atoms with van der Waals surface area (Å²) in [7, 11) is 4.25. The molecule has 20 heavy (non-hydrogen) atoms. The van der Waals surface area contributed by atoms with Gasteiger partial charge in [-0.2, -0.15) is 0 Å². The lowest BCUT2D eigenvalue weighted by molar-refractivity contribution is 0.0871. The monoisotopic (exact) mass is 285 g/mol. The Morgan fingerprint density at radius 3 is 2.25 bits per heavy atom. The van der Waals surface area contributed by atoms with Crippen molar-refractivity contribution in [2.45, 2.75) is 45.1 Å². The fraction of sp³-hybridized carbons (Fsp3) is 1.00. The van der Waals surface area contributed by atoms with Crippen LogP contribution in [0.25, 0.3) is 0 Å². The van der Waals surface area contributed by atoms with E-state index in [4.69, 9.17) is 0 Å². The Labute approximate surface area is 125 Å².